The Bertz CT molecular complexity index is 374. The van der Waals surface area contributed by atoms with Crippen LogP contribution in [0.4, 0.5) is 5.82 Å². The zero-order valence-electron chi connectivity index (χ0n) is 11.2. The van der Waals surface area contributed by atoms with Gasteiger partial charge in [-0.1, -0.05) is 0 Å². The lowest BCUT2D eigenvalue weighted by molar-refractivity contribution is 0.352. The highest BCUT2D eigenvalue weighted by Crippen LogP contribution is 2.09. The molecule has 3 N–H and O–H groups in total. The van der Waals surface area contributed by atoms with Gasteiger partial charge in [-0.25, -0.2) is 9.97 Å². The largest absolute Gasteiger partial charge is 0.369 e. The van der Waals surface area contributed by atoms with Gasteiger partial charge < -0.3 is 16.0 Å². The molecule has 1 aliphatic rings. The van der Waals surface area contributed by atoms with Crippen LogP contribution in [-0.2, 0) is 6.42 Å². The fourth-order valence-corrected chi connectivity index (χ4v) is 2.34. The molecular weight excluding hydrogens is 226 g/mol. The van der Waals surface area contributed by atoms with Gasteiger partial charge >= 0.3 is 0 Å². The van der Waals surface area contributed by atoms with E-state index in [1.807, 2.05) is 13.0 Å². The normalized spacial score (nSPS) is 16.1. The number of aromatic nitrogens is 2. The highest BCUT2D eigenvalue weighted by molar-refractivity contribution is 5.36. The standard InChI is InChI=1S/C13H23N5/c1-11-16-12(4-5-14)10-13(17-11)15-6-9-18-7-2-3-8-18/h10H,2-9,14H2,1H3,(H,15,16,17). The smallest absolute Gasteiger partial charge is 0.129 e. The van der Waals surface area contributed by atoms with E-state index in [1.54, 1.807) is 0 Å². The van der Waals surface area contributed by atoms with Gasteiger partial charge in [0.1, 0.15) is 11.6 Å². The molecule has 1 saturated heterocycles. The van der Waals surface area contributed by atoms with Crippen molar-refractivity contribution in [1.29, 1.82) is 0 Å². The Morgan fingerprint density at radius 1 is 1.33 bits per heavy atom. The maximum Gasteiger partial charge on any atom is 0.129 e. The fourth-order valence-electron chi connectivity index (χ4n) is 2.34. The van der Waals surface area contributed by atoms with E-state index in [4.69, 9.17) is 5.73 Å². The Kier molecular flexibility index (Phi) is 4.90. The van der Waals surface area contributed by atoms with Gasteiger partial charge in [-0.05, 0) is 39.4 Å². The maximum atomic E-state index is 5.56. The molecule has 0 bridgehead atoms. The van der Waals surface area contributed by atoms with E-state index in [0.717, 1.165) is 36.8 Å². The second-order valence-electron chi connectivity index (χ2n) is 4.81. The third-order valence-electron chi connectivity index (χ3n) is 3.22. The molecule has 0 unspecified atom stereocenters. The molecule has 5 heteroatoms. The van der Waals surface area contributed by atoms with Gasteiger partial charge in [-0.3, -0.25) is 0 Å². The highest BCUT2D eigenvalue weighted by atomic mass is 15.2. The number of anilines is 1. The van der Waals surface area contributed by atoms with Crippen LogP contribution in [0, 0.1) is 6.92 Å². The first kappa shape index (κ1) is 13.2. The second-order valence-corrected chi connectivity index (χ2v) is 4.81. The predicted octanol–water partition coefficient (Wildman–Crippen LogP) is 0.794. The van der Waals surface area contributed by atoms with E-state index in [1.165, 1.54) is 25.9 Å². The predicted molar refractivity (Wildman–Crippen MR) is 73.7 cm³/mol. The summed E-state index contributed by atoms with van der Waals surface area (Å²) in [7, 11) is 0. The first-order chi connectivity index (χ1) is 8.78. The number of nitrogens with two attached hydrogens (primary N) is 1. The Morgan fingerprint density at radius 3 is 2.83 bits per heavy atom. The number of rotatable bonds is 6. The summed E-state index contributed by atoms with van der Waals surface area (Å²) in [6, 6.07) is 2.00. The average Bonchev–Trinajstić information content (AvgIpc) is 2.82. The Morgan fingerprint density at radius 2 is 2.11 bits per heavy atom. The van der Waals surface area contributed by atoms with E-state index in [2.05, 4.69) is 20.2 Å². The first-order valence-electron chi connectivity index (χ1n) is 6.79. The van der Waals surface area contributed by atoms with Crippen LogP contribution < -0.4 is 11.1 Å². The van der Waals surface area contributed by atoms with Crippen LogP contribution >= 0.6 is 0 Å². The molecule has 0 atom stereocenters. The minimum Gasteiger partial charge on any atom is -0.369 e. The molecule has 100 valence electrons. The minimum absolute atomic E-state index is 0.629. The molecule has 0 saturated carbocycles. The van der Waals surface area contributed by atoms with Crippen molar-refractivity contribution in [3.63, 3.8) is 0 Å². The molecule has 2 heterocycles. The van der Waals surface area contributed by atoms with Gasteiger partial charge in [-0.2, -0.15) is 0 Å². The molecule has 1 aromatic heterocycles. The molecule has 0 spiro atoms. The molecule has 1 fully saturated rings. The summed E-state index contributed by atoms with van der Waals surface area (Å²) in [5, 5.41) is 3.38. The van der Waals surface area contributed by atoms with Crippen molar-refractivity contribution in [2.45, 2.75) is 26.2 Å². The molecule has 0 aliphatic carbocycles. The van der Waals surface area contributed by atoms with Gasteiger partial charge in [0.25, 0.3) is 0 Å². The van der Waals surface area contributed by atoms with Crippen molar-refractivity contribution in [2.75, 3.05) is 38.0 Å². The minimum atomic E-state index is 0.629. The van der Waals surface area contributed by atoms with Crippen molar-refractivity contribution in [3.8, 4) is 0 Å². The van der Waals surface area contributed by atoms with E-state index >= 15 is 0 Å². The van der Waals surface area contributed by atoms with Crippen LogP contribution in [0.5, 0.6) is 0 Å². The van der Waals surface area contributed by atoms with Crippen molar-refractivity contribution < 1.29 is 0 Å². The first-order valence-corrected chi connectivity index (χ1v) is 6.79. The lowest BCUT2D eigenvalue weighted by atomic mass is 10.3. The van der Waals surface area contributed by atoms with Gasteiger partial charge in [0, 0.05) is 31.3 Å². The number of hydrogen-bond acceptors (Lipinski definition) is 5. The molecule has 0 amide bonds. The quantitative estimate of drug-likeness (QED) is 0.780. The molecule has 0 radical (unpaired) electrons. The topological polar surface area (TPSA) is 67.1 Å². The SMILES string of the molecule is Cc1nc(CCN)cc(NCCN2CCCC2)n1. The number of nitrogens with zero attached hydrogens (tertiary/aromatic N) is 3. The van der Waals surface area contributed by atoms with Crippen LogP contribution in [0.1, 0.15) is 24.4 Å². The van der Waals surface area contributed by atoms with Crippen LogP contribution in [0.3, 0.4) is 0 Å². The average molecular weight is 249 g/mol. The molecule has 5 nitrogen and oxygen atoms in total. The molecule has 2 rings (SSSR count). The molecular formula is C13H23N5. The Labute approximate surface area is 109 Å². The van der Waals surface area contributed by atoms with E-state index in [9.17, 15) is 0 Å². The number of likely N-dealkylation sites (tertiary alicyclic amines) is 1. The van der Waals surface area contributed by atoms with Crippen molar-refractivity contribution >= 4 is 5.82 Å². The van der Waals surface area contributed by atoms with Crippen LogP contribution in [0.2, 0.25) is 0 Å². The van der Waals surface area contributed by atoms with E-state index < -0.39 is 0 Å². The Balaban J connectivity index is 1.83. The summed E-state index contributed by atoms with van der Waals surface area (Å²) in [6.07, 6.45) is 3.49. The van der Waals surface area contributed by atoms with Gasteiger partial charge in [0.05, 0.1) is 0 Å². The van der Waals surface area contributed by atoms with E-state index in [-0.39, 0.29) is 0 Å². The third kappa shape index (κ3) is 3.92. The highest BCUT2D eigenvalue weighted by Gasteiger charge is 2.10. The van der Waals surface area contributed by atoms with Gasteiger partial charge in [0.2, 0.25) is 0 Å². The summed E-state index contributed by atoms with van der Waals surface area (Å²) in [5.41, 5.74) is 6.58. The van der Waals surface area contributed by atoms with Gasteiger partial charge in [0.15, 0.2) is 0 Å². The molecule has 1 aliphatic heterocycles. The van der Waals surface area contributed by atoms with Crippen molar-refractivity contribution in [1.82, 2.24) is 14.9 Å². The molecule has 1 aromatic rings. The lowest BCUT2D eigenvalue weighted by Gasteiger charge is -2.15. The summed E-state index contributed by atoms with van der Waals surface area (Å²) < 4.78 is 0. The summed E-state index contributed by atoms with van der Waals surface area (Å²) in [4.78, 5) is 11.3. The Hall–Kier alpha value is -1.20. The maximum absolute atomic E-state index is 5.56. The molecule has 0 aromatic carbocycles. The van der Waals surface area contributed by atoms with Crippen LogP contribution in [0.15, 0.2) is 6.07 Å². The monoisotopic (exact) mass is 249 g/mol. The fraction of sp³-hybridized carbons (Fsp3) is 0.692. The van der Waals surface area contributed by atoms with Crippen molar-refractivity contribution in [3.05, 3.63) is 17.6 Å². The number of hydrogen-bond donors (Lipinski definition) is 2. The summed E-state index contributed by atoms with van der Waals surface area (Å²) in [6.45, 7) is 7.06. The third-order valence-corrected chi connectivity index (χ3v) is 3.22. The lowest BCUT2D eigenvalue weighted by Crippen LogP contribution is -2.26. The van der Waals surface area contributed by atoms with Gasteiger partial charge in [-0.15, -0.1) is 0 Å². The zero-order chi connectivity index (χ0) is 12.8. The molecule has 18 heavy (non-hydrogen) atoms. The number of aryl methyl sites for hydroxylation is 1. The second kappa shape index (κ2) is 6.66. The summed E-state index contributed by atoms with van der Waals surface area (Å²) in [5.74, 6) is 1.73. The van der Waals surface area contributed by atoms with Crippen molar-refractivity contribution in [2.24, 2.45) is 5.73 Å². The summed E-state index contributed by atoms with van der Waals surface area (Å²) >= 11 is 0. The zero-order valence-corrected chi connectivity index (χ0v) is 11.2. The van der Waals surface area contributed by atoms with E-state index in [0.29, 0.717) is 6.54 Å². The van der Waals surface area contributed by atoms with Crippen LogP contribution in [-0.4, -0.2) is 47.6 Å². The number of nitrogens with one attached hydrogen (secondary N) is 1. The van der Waals surface area contributed by atoms with Crippen LogP contribution in [0.25, 0.3) is 0 Å².